The Labute approximate surface area is 112 Å². The van der Waals surface area contributed by atoms with E-state index < -0.39 is 0 Å². The highest BCUT2D eigenvalue weighted by Crippen LogP contribution is 2.33. The van der Waals surface area contributed by atoms with Crippen LogP contribution < -0.4 is 10.5 Å². The second kappa shape index (κ2) is 4.91. The van der Waals surface area contributed by atoms with Crippen LogP contribution in [0.25, 0.3) is 0 Å². The molecule has 0 aliphatic carbocycles. The molecule has 0 unspecified atom stereocenters. The van der Waals surface area contributed by atoms with Gasteiger partial charge in [-0.1, -0.05) is 23.7 Å². The Balaban J connectivity index is 2.40. The smallest absolute Gasteiger partial charge is 0.131 e. The second-order valence-electron chi connectivity index (χ2n) is 4.44. The van der Waals surface area contributed by atoms with Crippen LogP contribution >= 0.6 is 11.6 Å². The first-order chi connectivity index (χ1) is 8.49. The number of anilines is 1. The molecule has 0 amide bonds. The third-order valence-corrected chi connectivity index (χ3v) is 3.40. The molecule has 0 aliphatic rings. The summed E-state index contributed by atoms with van der Waals surface area (Å²) in [6.45, 7) is 6.05. The van der Waals surface area contributed by atoms with Crippen molar-refractivity contribution in [2.45, 2.75) is 20.8 Å². The van der Waals surface area contributed by atoms with Gasteiger partial charge in [0.1, 0.15) is 11.5 Å². The summed E-state index contributed by atoms with van der Waals surface area (Å²) in [4.78, 5) is 0. The van der Waals surface area contributed by atoms with Gasteiger partial charge in [0.25, 0.3) is 0 Å². The Morgan fingerprint density at radius 1 is 1.00 bits per heavy atom. The Bertz CT molecular complexity index is 593. The molecule has 0 aliphatic heterocycles. The number of rotatable bonds is 2. The molecule has 0 radical (unpaired) electrons. The zero-order chi connectivity index (χ0) is 13.3. The summed E-state index contributed by atoms with van der Waals surface area (Å²) in [5.41, 5.74) is 9.62. The molecule has 0 aromatic heterocycles. The average Bonchev–Trinajstić information content (AvgIpc) is 2.32. The molecular formula is C15H16ClNO. The van der Waals surface area contributed by atoms with Gasteiger partial charge in [-0.3, -0.25) is 0 Å². The molecule has 0 atom stereocenters. The average molecular weight is 262 g/mol. The van der Waals surface area contributed by atoms with Gasteiger partial charge in [0, 0.05) is 6.07 Å². The lowest BCUT2D eigenvalue weighted by Gasteiger charge is -2.13. The van der Waals surface area contributed by atoms with E-state index in [-0.39, 0.29) is 0 Å². The predicted octanol–water partition coefficient (Wildman–Crippen LogP) is 4.64. The van der Waals surface area contributed by atoms with Gasteiger partial charge >= 0.3 is 0 Å². The highest BCUT2D eigenvalue weighted by atomic mass is 35.5. The lowest BCUT2D eigenvalue weighted by molar-refractivity contribution is 0.475. The van der Waals surface area contributed by atoms with Crippen LogP contribution in [0.1, 0.15) is 16.7 Å². The van der Waals surface area contributed by atoms with Crippen molar-refractivity contribution in [2.75, 3.05) is 5.73 Å². The van der Waals surface area contributed by atoms with Gasteiger partial charge in [0.15, 0.2) is 0 Å². The van der Waals surface area contributed by atoms with Crippen molar-refractivity contribution in [1.82, 2.24) is 0 Å². The number of ether oxygens (including phenoxy) is 1. The molecule has 2 aromatic carbocycles. The predicted molar refractivity (Wildman–Crippen MR) is 76.6 cm³/mol. The summed E-state index contributed by atoms with van der Waals surface area (Å²) >= 11 is 6.02. The zero-order valence-electron chi connectivity index (χ0n) is 10.8. The minimum atomic E-state index is 0.515. The van der Waals surface area contributed by atoms with Crippen LogP contribution in [0, 0.1) is 20.8 Å². The molecule has 2 N–H and O–H groups in total. The molecule has 0 saturated carbocycles. The maximum absolute atomic E-state index is 6.02. The van der Waals surface area contributed by atoms with Crippen LogP contribution in [0.15, 0.2) is 30.3 Å². The highest BCUT2D eigenvalue weighted by molar-refractivity contribution is 6.33. The molecule has 0 saturated heterocycles. The monoisotopic (exact) mass is 261 g/mol. The van der Waals surface area contributed by atoms with E-state index in [0.29, 0.717) is 10.7 Å². The minimum absolute atomic E-state index is 0.515. The number of halogens is 1. The molecule has 0 heterocycles. The summed E-state index contributed by atoms with van der Waals surface area (Å²) in [5.74, 6) is 1.59. The summed E-state index contributed by atoms with van der Waals surface area (Å²) in [6, 6.07) is 9.57. The lowest BCUT2D eigenvalue weighted by Crippen LogP contribution is -1.94. The van der Waals surface area contributed by atoms with Crippen LogP contribution in [0.5, 0.6) is 11.5 Å². The number of nitrogen functional groups attached to an aromatic ring is 1. The van der Waals surface area contributed by atoms with Crippen LogP contribution in [0.2, 0.25) is 5.02 Å². The minimum Gasteiger partial charge on any atom is -0.457 e. The van der Waals surface area contributed by atoms with Crippen molar-refractivity contribution in [3.05, 3.63) is 52.0 Å². The first kappa shape index (κ1) is 12.8. The van der Waals surface area contributed by atoms with E-state index in [1.807, 2.05) is 32.0 Å². The molecular weight excluding hydrogens is 246 g/mol. The number of aryl methyl sites for hydroxylation is 2. The van der Waals surface area contributed by atoms with Crippen molar-refractivity contribution in [1.29, 1.82) is 0 Å². The molecule has 0 spiro atoms. The maximum Gasteiger partial charge on any atom is 0.131 e. The van der Waals surface area contributed by atoms with Crippen molar-refractivity contribution in [3.63, 3.8) is 0 Å². The van der Waals surface area contributed by atoms with E-state index >= 15 is 0 Å². The second-order valence-corrected chi connectivity index (χ2v) is 4.85. The number of benzene rings is 2. The van der Waals surface area contributed by atoms with E-state index in [2.05, 4.69) is 13.0 Å². The SMILES string of the molecule is Cc1cc(N)c(Cl)cc1Oc1cccc(C)c1C. The van der Waals surface area contributed by atoms with E-state index in [9.17, 15) is 0 Å². The lowest BCUT2D eigenvalue weighted by atomic mass is 10.1. The summed E-state index contributed by atoms with van der Waals surface area (Å²) in [6.07, 6.45) is 0. The summed E-state index contributed by atoms with van der Waals surface area (Å²) < 4.78 is 5.92. The molecule has 2 nitrogen and oxygen atoms in total. The Morgan fingerprint density at radius 2 is 1.72 bits per heavy atom. The van der Waals surface area contributed by atoms with Crippen molar-refractivity contribution < 1.29 is 4.74 Å². The van der Waals surface area contributed by atoms with Gasteiger partial charge in [-0.05, 0) is 49.6 Å². The largest absolute Gasteiger partial charge is 0.457 e. The van der Waals surface area contributed by atoms with E-state index in [1.165, 1.54) is 5.56 Å². The van der Waals surface area contributed by atoms with Gasteiger partial charge in [-0.2, -0.15) is 0 Å². The van der Waals surface area contributed by atoms with Crippen molar-refractivity contribution in [3.8, 4) is 11.5 Å². The van der Waals surface area contributed by atoms with E-state index in [4.69, 9.17) is 22.1 Å². The Kier molecular flexibility index (Phi) is 3.48. The molecule has 0 fully saturated rings. The van der Waals surface area contributed by atoms with Crippen LogP contribution in [0.3, 0.4) is 0 Å². The standard InChI is InChI=1S/C15H16ClNO/c1-9-5-4-6-14(11(9)3)18-15-8-12(16)13(17)7-10(15)2/h4-8H,17H2,1-3H3. The third kappa shape index (κ3) is 2.44. The molecule has 2 aromatic rings. The van der Waals surface area contributed by atoms with E-state index in [0.717, 1.165) is 22.6 Å². The van der Waals surface area contributed by atoms with Crippen molar-refractivity contribution >= 4 is 17.3 Å². The zero-order valence-corrected chi connectivity index (χ0v) is 11.5. The van der Waals surface area contributed by atoms with Crippen LogP contribution in [-0.2, 0) is 0 Å². The van der Waals surface area contributed by atoms with Gasteiger partial charge in [0.05, 0.1) is 10.7 Å². The molecule has 0 bridgehead atoms. The number of hydrogen-bond donors (Lipinski definition) is 1. The summed E-state index contributed by atoms with van der Waals surface area (Å²) in [5, 5.41) is 0.515. The highest BCUT2D eigenvalue weighted by Gasteiger charge is 2.08. The quantitative estimate of drug-likeness (QED) is 0.800. The van der Waals surface area contributed by atoms with Crippen LogP contribution in [0.4, 0.5) is 5.69 Å². The number of nitrogens with two attached hydrogens (primary N) is 1. The van der Waals surface area contributed by atoms with Crippen LogP contribution in [-0.4, -0.2) is 0 Å². The normalized spacial score (nSPS) is 10.4. The fourth-order valence-electron chi connectivity index (χ4n) is 1.75. The first-order valence-corrected chi connectivity index (χ1v) is 6.16. The molecule has 18 heavy (non-hydrogen) atoms. The molecule has 3 heteroatoms. The van der Waals surface area contributed by atoms with Crippen molar-refractivity contribution in [2.24, 2.45) is 0 Å². The van der Waals surface area contributed by atoms with Gasteiger partial charge in [-0.15, -0.1) is 0 Å². The van der Waals surface area contributed by atoms with Gasteiger partial charge < -0.3 is 10.5 Å². The van der Waals surface area contributed by atoms with E-state index in [1.54, 1.807) is 6.07 Å². The molecule has 2 rings (SSSR count). The topological polar surface area (TPSA) is 35.2 Å². The molecule has 94 valence electrons. The fourth-order valence-corrected chi connectivity index (χ4v) is 1.90. The Hall–Kier alpha value is -1.67. The van der Waals surface area contributed by atoms with Gasteiger partial charge in [-0.25, -0.2) is 0 Å². The Morgan fingerprint density at radius 3 is 2.44 bits per heavy atom. The van der Waals surface area contributed by atoms with Gasteiger partial charge in [0.2, 0.25) is 0 Å². The first-order valence-electron chi connectivity index (χ1n) is 5.78. The third-order valence-electron chi connectivity index (χ3n) is 3.07. The fraction of sp³-hybridized carbons (Fsp3) is 0.200. The summed E-state index contributed by atoms with van der Waals surface area (Å²) in [7, 11) is 0. The maximum atomic E-state index is 6.02. The number of hydrogen-bond acceptors (Lipinski definition) is 2.